The molecule has 2 aromatic heterocycles. The number of nitrogens with one attached hydrogen (secondary N) is 1. The molecular weight excluding hydrogens is 186 g/mol. The van der Waals surface area contributed by atoms with Gasteiger partial charge in [-0.3, -0.25) is 4.79 Å². The van der Waals surface area contributed by atoms with Gasteiger partial charge in [-0.2, -0.15) is 0 Å². The zero-order valence-electron chi connectivity index (χ0n) is 6.89. The normalized spacial score (nSPS) is 10.3. The summed E-state index contributed by atoms with van der Waals surface area (Å²) in [5.74, 6) is -0.438. The second-order valence-corrected chi connectivity index (χ2v) is 2.64. The van der Waals surface area contributed by atoms with Gasteiger partial charge in [-0.05, 0) is 17.3 Å². The molecule has 0 fully saturated rings. The van der Waals surface area contributed by atoms with Crippen molar-refractivity contribution in [2.75, 3.05) is 0 Å². The predicted molar refractivity (Wildman–Crippen MR) is 49.5 cm³/mol. The van der Waals surface area contributed by atoms with E-state index in [1.807, 2.05) is 0 Å². The van der Waals surface area contributed by atoms with Gasteiger partial charge in [0.15, 0.2) is 5.75 Å². The Kier molecular flexibility index (Phi) is 1.74. The number of rotatable bonds is 1. The van der Waals surface area contributed by atoms with Crippen LogP contribution in [0, 0.1) is 4.91 Å². The fourth-order valence-corrected chi connectivity index (χ4v) is 1.18. The first-order valence-corrected chi connectivity index (χ1v) is 3.77. The maximum Gasteiger partial charge on any atom is 0.282 e. The molecule has 0 atom stereocenters. The van der Waals surface area contributed by atoms with Gasteiger partial charge in [0.25, 0.3) is 5.56 Å². The first kappa shape index (κ1) is 8.36. The Bertz CT molecular complexity index is 561. The van der Waals surface area contributed by atoms with Crippen LogP contribution in [0.15, 0.2) is 28.3 Å². The number of aromatic hydroxyl groups is 1. The summed E-state index contributed by atoms with van der Waals surface area (Å²) in [4.78, 5) is 27.5. The number of pyridine rings is 2. The summed E-state index contributed by atoms with van der Waals surface area (Å²) in [6, 6.07) is 3.11. The van der Waals surface area contributed by atoms with Gasteiger partial charge in [-0.25, -0.2) is 4.98 Å². The summed E-state index contributed by atoms with van der Waals surface area (Å²) in [5, 5.41) is 12.2. The Morgan fingerprint density at radius 2 is 2.29 bits per heavy atom. The van der Waals surface area contributed by atoms with Crippen molar-refractivity contribution in [1.29, 1.82) is 0 Å². The van der Waals surface area contributed by atoms with Crippen molar-refractivity contribution in [3.05, 3.63) is 33.6 Å². The number of H-pyrrole nitrogens is 1. The minimum atomic E-state index is -0.747. The number of fused-ring (bicyclic) bond motifs is 1. The highest BCUT2D eigenvalue weighted by molar-refractivity contribution is 5.85. The topological polar surface area (TPSA) is 95.4 Å². The second-order valence-electron chi connectivity index (χ2n) is 2.64. The maximum atomic E-state index is 11.1. The van der Waals surface area contributed by atoms with E-state index in [9.17, 15) is 14.8 Å². The summed E-state index contributed by atoms with van der Waals surface area (Å²) in [5.41, 5.74) is -1.04. The average Bonchev–Trinajstić information content (AvgIpc) is 2.18. The van der Waals surface area contributed by atoms with Crippen LogP contribution >= 0.6 is 0 Å². The summed E-state index contributed by atoms with van der Waals surface area (Å²) < 4.78 is 0. The highest BCUT2D eigenvalue weighted by atomic mass is 16.3. The number of aromatic amines is 1. The Labute approximate surface area is 77.2 Å². The molecule has 0 spiro atoms. The summed E-state index contributed by atoms with van der Waals surface area (Å²) >= 11 is 0. The molecule has 14 heavy (non-hydrogen) atoms. The zero-order valence-corrected chi connectivity index (χ0v) is 6.89. The molecule has 0 amide bonds. The molecule has 70 valence electrons. The van der Waals surface area contributed by atoms with E-state index in [0.717, 1.165) is 0 Å². The molecule has 2 heterocycles. The van der Waals surface area contributed by atoms with Crippen LogP contribution in [0.4, 0.5) is 5.69 Å². The molecule has 0 saturated heterocycles. The van der Waals surface area contributed by atoms with Crippen LogP contribution in [0.3, 0.4) is 0 Å². The van der Waals surface area contributed by atoms with Crippen molar-refractivity contribution in [2.45, 2.75) is 0 Å². The molecule has 6 nitrogen and oxygen atoms in total. The van der Waals surface area contributed by atoms with Gasteiger partial charge in [0.1, 0.15) is 5.65 Å². The maximum absolute atomic E-state index is 11.1. The number of hydrogen-bond acceptors (Lipinski definition) is 5. The molecule has 2 N–H and O–H groups in total. The van der Waals surface area contributed by atoms with Crippen LogP contribution in [0.5, 0.6) is 5.75 Å². The molecule has 0 aliphatic rings. The van der Waals surface area contributed by atoms with Gasteiger partial charge in [0.2, 0.25) is 5.69 Å². The smallest absolute Gasteiger partial charge is 0.282 e. The number of nitroso groups, excluding NO2 is 1. The van der Waals surface area contributed by atoms with Gasteiger partial charge in [-0.15, -0.1) is 4.91 Å². The Morgan fingerprint density at radius 1 is 1.50 bits per heavy atom. The van der Waals surface area contributed by atoms with Gasteiger partial charge >= 0.3 is 0 Å². The largest absolute Gasteiger partial charge is 0.505 e. The number of aromatic nitrogens is 2. The Balaban J connectivity index is 3.00. The summed E-state index contributed by atoms with van der Waals surface area (Å²) in [7, 11) is 0. The van der Waals surface area contributed by atoms with Crippen LogP contribution < -0.4 is 5.56 Å². The highest BCUT2D eigenvalue weighted by Crippen LogP contribution is 2.28. The molecule has 0 unspecified atom stereocenters. The quantitative estimate of drug-likeness (QED) is 0.658. The van der Waals surface area contributed by atoms with E-state index in [2.05, 4.69) is 15.1 Å². The molecule has 0 radical (unpaired) electrons. The average molecular weight is 191 g/mol. The first-order valence-electron chi connectivity index (χ1n) is 3.77. The van der Waals surface area contributed by atoms with E-state index < -0.39 is 17.0 Å². The van der Waals surface area contributed by atoms with Crippen molar-refractivity contribution in [2.24, 2.45) is 5.18 Å². The predicted octanol–water partition coefficient (Wildman–Crippen LogP) is 1.03. The van der Waals surface area contributed by atoms with E-state index in [-0.39, 0.29) is 5.65 Å². The number of hydrogen-bond donors (Lipinski definition) is 2. The van der Waals surface area contributed by atoms with Crippen molar-refractivity contribution in [3.8, 4) is 5.75 Å². The molecular formula is C8H5N3O3. The molecule has 0 bridgehead atoms. The lowest BCUT2D eigenvalue weighted by molar-refractivity contribution is 0.482. The van der Waals surface area contributed by atoms with Crippen LogP contribution in [0.2, 0.25) is 0 Å². The van der Waals surface area contributed by atoms with E-state index in [1.165, 1.54) is 12.3 Å². The van der Waals surface area contributed by atoms with E-state index in [4.69, 9.17) is 0 Å². The van der Waals surface area contributed by atoms with Crippen molar-refractivity contribution >= 4 is 16.7 Å². The molecule has 0 aliphatic heterocycles. The van der Waals surface area contributed by atoms with Gasteiger partial charge < -0.3 is 10.1 Å². The lowest BCUT2D eigenvalue weighted by Gasteiger charge is -1.99. The zero-order chi connectivity index (χ0) is 10.1. The van der Waals surface area contributed by atoms with Crippen LogP contribution in [-0.4, -0.2) is 15.1 Å². The fourth-order valence-electron chi connectivity index (χ4n) is 1.18. The van der Waals surface area contributed by atoms with Crippen molar-refractivity contribution in [3.63, 3.8) is 0 Å². The lowest BCUT2D eigenvalue weighted by atomic mass is 10.2. The third kappa shape index (κ3) is 1.05. The molecule has 0 aliphatic carbocycles. The monoisotopic (exact) mass is 191 g/mol. The van der Waals surface area contributed by atoms with Crippen LogP contribution in [0.25, 0.3) is 11.0 Å². The second kappa shape index (κ2) is 2.91. The SMILES string of the molecule is O=Nc1c(O)c2cccnc2[nH]c1=O. The molecule has 0 saturated carbocycles. The molecule has 6 heteroatoms. The van der Waals surface area contributed by atoms with Gasteiger partial charge in [0.05, 0.1) is 5.39 Å². The van der Waals surface area contributed by atoms with Gasteiger partial charge in [0, 0.05) is 6.20 Å². The summed E-state index contributed by atoms with van der Waals surface area (Å²) in [6.07, 6.45) is 1.46. The third-order valence-corrected chi connectivity index (χ3v) is 1.83. The van der Waals surface area contributed by atoms with E-state index in [1.54, 1.807) is 6.07 Å². The standard InChI is InChI=1S/C8H5N3O3/c12-6-4-2-1-3-9-7(4)10-8(13)5(6)11-14/h1-3H,(H2,9,10,12,13). The van der Waals surface area contributed by atoms with E-state index in [0.29, 0.717) is 5.39 Å². The van der Waals surface area contributed by atoms with Crippen LogP contribution in [-0.2, 0) is 0 Å². The minimum absolute atomic E-state index is 0.224. The molecule has 2 aromatic rings. The summed E-state index contributed by atoms with van der Waals surface area (Å²) in [6.45, 7) is 0. The van der Waals surface area contributed by atoms with Crippen molar-refractivity contribution < 1.29 is 5.11 Å². The van der Waals surface area contributed by atoms with Crippen molar-refractivity contribution in [1.82, 2.24) is 9.97 Å². The Hall–Kier alpha value is -2.24. The Morgan fingerprint density at radius 3 is 3.00 bits per heavy atom. The van der Waals surface area contributed by atoms with Gasteiger partial charge in [-0.1, -0.05) is 0 Å². The first-order chi connectivity index (χ1) is 6.74. The molecule has 0 aromatic carbocycles. The lowest BCUT2D eigenvalue weighted by Crippen LogP contribution is -2.05. The molecule has 2 rings (SSSR count). The minimum Gasteiger partial charge on any atom is -0.505 e. The third-order valence-electron chi connectivity index (χ3n) is 1.83. The van der Waals surface area contributed by atoms with Crippen LogP contribution in [0.1, 0.15) is 0 Å². The number of nitrogens with zero attached hydrogens (tertiary/aromatic N) is 2. The highest BCUT2D eigenvalue weighted by Gasteiger charge is 2.11. The van der Waals surface area contributed by atoms with E-state index >= 15 is 0 Å². The fraction of sp³-hybridized carbons (Fsp3) is 0.